The van der Waals surface area contributed by atoms with Gasteiger partial charge in [0.15, 0.2) is 0 Å². The topological polar surface area (TPSA) is 58.9 Å². The largest absolute Gasteiger partial charge is 0.240 e. The highest BCUT2D eigenvalue weighted by Crippen LogP contribution is 2.31. The molecule has 0 spiro atoms. The van der Waals surface area contributed by atoms with E-state index in [1.807, 2.05) is 0 Å². The van der Waals surface area contributed by atoms with Gasteiger partial charge in [0, 0.05) is 4.47 Å². The maximum atomic E-state index is 10.1. The minimum absolute atomic E-state index is 0.395. The summed E-state index contributed by atoms with van der Waals surface area (Å²) in [5, 5.41) is 0. The molecule has 0 radical (unpaired) electrons. The summed E-state index contributed by atoms with van der Waals surface area (Å²) in [4.78, 5) is 27.0. The predicted molar refractivity (Wildman–Crippen MR) is 54.4 cm³/mol. The van der Waals surface area contributed by atoms with Crippen molar-refractivity contribution in [2.24, 2.45) is 9.98 Å². The Bertz CT molecular complexity index is 458. The summed E-state index contributed by atoms with van der Waals surface area (Å²) in [7, 11) is 0. The van der Waals surface area contributed by atoms with Gasteiger partial charge in [-0.1, -0.05) is 15.9 Å². The molecular formula is C9H5BrN2O2. The molecule has 0 saturated heterocycles. The number of benzene rings is 1. The fourth-order valence-corrected chi connectivity index (χ4v) is 1.37. The highest BCUT2D eigenvalue weighted by molar-refractivity contribution is 9.10. The molecule has 0 aliphatic heterocycles. The molecule has 0 unspecified atom stereocenters. The van der Waals surface area contributed by atoms with Crippen molar-refractivity contribution in [1.29, 1.82) is 0 Å². The van der Waals surface area contributed by atoms with Crippen molar-refractivity contribution in [3.05, 3.63) is 22.2 Å². The average Bonchev–Trinajstić information content (AvgIpc) is 2.14. The second-order valence-corrected chi connectivity index (χ2v) is 3.33. The van der Waals surface area contributed by atoms with E-state index in [0.29, 0.717) is 11.4 Å². The van der Waals surface area contributed by atoms with Gasteiger partial charge in [-0.2, -0.15) is 9.98 Å². The molecule has 0 bridgehead atoms. The summed E-state index contributed by atoms with van der Waals surface area (Å²) >= 11 is 3.26. The summed E-state index contributed by atoms with van der Waals surface area (Å²) in [6, 6.07) is 3.15. The zero-order valence-electron chi connectivity index (χ0n) is 7.24. The Balaban J connectivity index is 3.41. The second-order valence-electron chi connectivity index (χ2n) is 2.48. The van der Waals surface area contributed by atoms with Crippen molar-refractivity contribution in [2.75, 3.05) is 0 Å². The Labute approximate surface area is 88.5 Å². The third-order valence-electron chi connectivity index (χ3n) is 1.64. The lowest BCUT2D eigenvalue weighted by Gasteiger charge is -2.01. The molecule has 0 fully saturated rings. The van der Waals surface area contributed by atoms with Crippen LogP contribution in [0.4, 0.5) is 11.4 Å². The molecule has 0 N–H and O–H groups in total. The van der Waals surface area contributed by atoms with Gasteiger partial charge in [-0.3, -0.25) is 0 Å². The third kappa shape index (κ3) is 2.24. The second kappa shape index (κ2) is 4.63. The lowest BCUT2D eigenvalue weighted by atomic mass is 10.2. The average molecular weight is 253 g/mol. The van der Waals surface area contributed by atoms with Crippen LogP contribution in [0.5, 0.6) is 0 Å². The first-order valence-corrected chi connectivity index (χ1v) is 4.44. The lowest BCUT2D eigenvalue weighted by molar-refractivity contribution is 0.565. The lowest BCUT2D eigenvalue weighted by Crippen LogP contribution is -1.77. The van der Waals surface area contributed by atoms with Crippen molar-refractivity contribution < 1.29 is 9.59 Å². The SMILES string of the molecule is Cc1c(Br)cc(N=C=O)cc1N=C=O. The zero-order chi connectivity index (χ0) is 10.6. The summed E-state index contributed by atoms with van der Waals surface area (Å²) in [6.07, 6.45) is 2.85. The number of hydrogen-bond donors (Lipinski definition) is 0. The van der Waals surface area contributed by atoms with Gasteiger partial charge in [0.1, 0.15) is 0 Å². The molecule has 14 heavy (non-hydrogen) atoms. The first-order valence-electron chi connectivity index (χ1n) is 3.65. The van der Waals surface area contributed by atoms with Crippen LogP contribution in [0.3, 0.4) is 0 Å². The molecule has 0 saturated carbocycles. The standard InChI is InChI=1S/C9H5BrN2O2/c1-6-8(10)2-7(11-4-13)3-9(6)12-5-14/h2-3H,1H3. The number of isocyanates is 2. The number of nitrogens with zero attached hydrogens (tertiary/aromatic N) is 2. The summed E-state index contributed by atoms with van der Waals surface area (Å²) < 4.78 is 0.725. The molecule has 1 rings (SSSR count). The van der Waals surface area contributed by atoms with Crippen LogP contribution in [0.25, 0.3) is 0 Å². The molecule has 0 heterocycles. The maximum absolute atomic E-state index is 10.1. The monoisotopic (exact) mass is 252 g/mol. The molecule has 1 aromatic carbocycles. The molecule has 0 amide bonds. The molecule has 0 aliphatic rings. The quantitative estimate of drug-likeness (QED) is 0.600. The first-order chi connectivity index (χ1) is 6.69. The molecule has 70 valence electrons. The Morgan fingerprint density at radius 3 is 2.43 bits per heavy atom. The van der Waals surface area contributed by atoms with E-state index in [-0.39, 0.29) is 0 Å². The number of aliphatic imine (C=N–C) groups is 2. The van der Waals surface area contributed by atoms with Crippen LogP contribution in [-0.2, 0) is 9.59 Å². The van der Waals surface area contributed by atoms with Crippen molar-refractivity contribution in [3.8, 4) is 0 Å². The molecule has 0 atom stereocenters. The van der Waals surface area contributed by atoms with E-state index in [1.165, 1.54) is 18.2 Å². The Morgan fingerprint density at radius 1 is 1.21 bits per heavy atom. The number of carbonyl (C=O) groups excluding carboxylic acids is 2. The van der Waals surface area contributed by atoms with Crippen LogP contribution in [0.1, 0.15) is 5.56 Å². The van der Waals surface area contributed by atoms with Gasteiger partial charge in [-0.25, -0.2) is 9.59 Å². The summed E-state index contributed by atoms with van der Waals surface area (Å²) in [5.74, 6) is 0. The van der Waals surface area contributed by atoms with Crippen LogP contribution in [0.15, 0.2) is 26.6 Å². The predicted octanol–water partition coefficient (Wildman–Crippen LogP) is 2.69. The van der Waals surface area contributed by atoms with E-state index < -0.39 is 0 Å². The molecule has 1 aromatic rings. The van der Waals surface area contributed by atoms with E-state index in [2.05, 4.69) is 25.9 Å². The van der Waals surface area contributed by atoms with Crippen LogP contribution in [0, 0.1) is 6.92 Å². The van der Waals surface area contributed by atoms with Gasteiger partial charge in [0.05, 0.1) is 11.4 Å². The highest BCUT2D eigenvalue weighted by atomic mass is 79.9. The van der Waals surface area contributed by atoms with E-state index in [0.717, 1.165) is 10.0 Å². The van der Waals surface area contributed by atoms with Gasteiger partial charge in [-0.05, 0) is 24.6 Å². The van der Waals surface area contributed by atoms with E-state index in [9.17, 15) is 9.59 Å². The minimum atomic E-state index is 0.395. The molecule has 0 aliphatic carbocycles. The van der Waals surface area contributed by atoms with Crippen molar-refractivity contribution in [2.45, 2.75) is 6.92 Å². The normalized spacial score (nSPS) is 8.71. The maximum Gasteiger partial charge on any atom is 0.240 e. The molecular weight excluding hydrogens is 248 g/mol. The Hall–Kier alpha value is -1.54. The van der Waals surface area contributed by atoms with E-state index in [4.69, 9.17) is 0 Å². The Kier molecular flexibility index (Phi) is 3.48. The van der Waals surface area contributed by atoms with Crippen molar-refractivity contribution in [3.63, 3.8) is 0 Å². The zero-order valence-corrected chi connectivity index (χ0v) is 8.83. The van der Waals surface area contributed by atoms with Gasteiger partial charge < -0.3 is 0 Å². The smallest absolute Gasteiger partial charge is 0.211 e. The number of rotatable bonds is 2. The fraction of sp³-hybridized carbons (Fsp3) is 0.111. The number of halogens is 1. The van der Waals surface area contributed by atoms with Crippen LogP contribution >= 0.6 is 15.9 Å². The van der Waals surface area contributed by atoms with Crippen molar-refractivity contribution in [1.82, 2.24) is 0 Å². The van der Waals surface area contributed by atoms with Gasteiger partial charge >= 0.3 is 0 Å². The molecule has 0 aromatic heterocycles. The molecule has 5 heteroatoms. The third-order valence-corrected chi connectivity index (χ3v) is 2.47. The van der Waals surface area contributed by atoms with Gasteiger partial charge in [0.25, 0.3) is 0 Å². The van der Waals surface area contributed by atoms with Crippen molar-refractivity contribution >= 4 is 39.5 Å². The summed E-state index contributed by atoms with van der Waals surface area (Å²) in [6.45, 7) is 1.79. The summed E-state index contributed by atoms with van der Waals surface area (Å²) in [5.41, 5.74) is 1.62. The Morgan fingerprint density at radius 2 is 1.86 bits per heavy atom. The van der Waals surface area contributed by atoms with Gasteiger partial charge in [-0.15, -0.1) is 0 Å². The van der Waals surface area contributed by atoms with Gasteiger partial charge in [0.2, 0.25) is 12.2 Å². The number of hydrogen-bond acceptors (Lipinski definition) is 4. The van der Waals surface area contributed by atoms with Crippen LogP contribution in [0.2, 0.25) is 0 Å². The fourth-order valence-electron chi connectivity index (χ4n) is 0.933. The van der Waals surface area contributed by atoms with Crippen LogP contribution < -0.4 is 0 Å². The van der Waals surface area contributed by atoms with Crippen LogP contribution in [-0.4, -0.2) is 12.2 Å². The molecule has 4 nitrogen and oxygen atoms in total. The first kappa shape index (κ1) is 10.5. The van der Waals surface area contributed by atoms with E-state index >= 15 is 0 Å². The minimum Gasteiger partial charge on any atom is -0.211 e. The highest BCUT2D eigenvalue weighted by Gasteiger charge is 2.03. The van der Waals surface area contributed by atoms with E-state index in [1.54, 1.807) is 13.0 Å².